The highest BCUT2D eigenvalue weighted by molar-refractivity contribution is 5.65. The van der Waals surface area contributed by atoms with Crippen molar-refractivity contribution in [1.82, 2.24) is 9.78 Å². The van der Waals surface area contributed by atoms with Crippen LogP contribution in [0.3, 0.4) is 0 Å². The summed E-state index contributed by atoms with van der Waals surface area (Å²) in [5.41, 5.74) is 8.70. The van der Waals surface area contributed by atoms with E-state index >= 15 is 0 Å². The first-order chi connectivity index (χ1) is 8.52. The molecular formula is C14H18FN3. The molecule has 0 bridgehead atoms. The van der Waals surface area contributed by atoms with E-state index in [1.54, 1.807) is 6.07 Å². The molecule has 1 aromatic carbocycles. The van der Waals surface area contributed by atoms with Crippen LogP contribution < -0.4 is 5.73 Å². The fraction of sp³-hybridized carbons (Fsp3) is 0.357. The highest BCUT2D eigenvalue weighted by atomic mass is 19.1. The van der Waals surface area contributed by atoms with Crippen molar-refractivity contribution in [3.05, 3.63) is 41.5 Å². The summed E-state index contributed by atoms with van der Waals surface area (Å²) < 4.78 is 15.6. The zero-order chi connectivity index (χ0) is 13.3. The molecule has 0 unspecified atom stereocenters. The predicted octanol–water partition coefficient (Wildman–Crippen LogP) is 3.04. The highest BCUT2D eigenvalue weighted by Crippen LogP contribution is 2.25. The van der Waals surface area contributed by atoms with Gasteiger partial charge in [0.05, 0.1) is 5.69 Å². The third-order valence-electron chi connectivity index (χ3n) is 3.03. The molecule has 2 rings (SSSR count). The third-order valence-corrected chi connectivity index (χ3v) is 3.03. The van der Waals surface area contributed by atoms with Gasteiger partial charge in [0.15, 0.2) is 0 Å². The summed E-state index contributed by atoms with van der Waals surface area (Å²) in [6, 6.07) is 5.44. The van der Waals surface area contributed by atoms with Gasteiger partial charge in [0.2, 0.25) is 0 Å². The molecular weight excluding hydrogens is 229 g/mol. The first-order valence-corrected chi connectivity index (χ1v) is 6.07. The number of rotatable bonds is 3. The van der Waals surface area contributed by atoms with Gasteiger partial charge in [-0.15, -0.1) is 0 Å². The molecule has 2 N–H and O–H groups in total. The zero-order valence-electron chi connectivity index (χ0n) is 10.9. The molecule has 18 heavy (non-hydrogen) atoms. The molecule has 0 fully saturated rings. The number of nitrogens with zero attached hydrogens (tertiary/aromatic N) is 2. The summed E-state index contributed by atoms with van der Waals surface area (Å²) in [5, 5.41) is 4.43. The molecule has 0 spiro atoms. The topological polar surface area (TPSA) is 43.8 Å². The summed E-state index contributed by atoms with van der Waals surface area (Å²) in [5.74, 6) is -0.258. The maximum atomic E-state index is 13.7. The van der Waals surface area contributed by atoms with Gasteiger partial charge in [0.1, 0.15) is 5.82 Å². The van der Waals surface area contributed by atoms with Gasteiger partial charge in [-0.3, -0.25) is 4.68 Å². The lowest BCUT2D eigenvalue weighted by molar-refractivity contribution is 0.529. The van der Waals surface area contributed by atoms with Crippen molar-refractivity contribution >= 4 is 0 Å². The van der Waals surface area contributed by atoms with E-state index in [4.69, 9.17) is 5.73 Å². The average molecular weight is 247 g/mol. The largest absolute Gasteiger partial charge is 0.326 e. The van der Waals surface area contributed by atoms with Gasteiger partial charge in [-0.2, -0.15) is 5.10 Å². The van der Waals surface area contributed by atoms with E-state index in [1.807, 2.05) is 23.9 Å². The van der Waals surface area contributed by atoms with Crippen molar-refractivity contribution in [2.24, 2.45) is 5.73 Å². The number of benzene rings is 1. The lowest BCUT2D eigenvalue weighted by Gasteiger charge is -2.04. The number of hydrogen-bond acceptors (Lipinski definition) is 2. The van der Waals surface area contributed by atoms with Crippen LogP contribution in [0.2, 0.25) is 0 Å². The molecule has 2 aromatic rings. The molecule has 96 valence electrons. The van der Waals surface area contributed by atoms with Gasteiger partial charge in [0, 0.05) is 29.9 Å². The standard InChI is InChI=1S/C14H18FN3/c1-9(2)18-8-13(10(3)17-18)11-4-5-12(7-16)14(15)6-11/h4-6,8-9H,7,16H2,1-3H3. The van der Waals surface area contributed by atoms with Crippen molar-refractivity contribution < 1.29 is 4.39 Å². The highest BCUT2D eigenvalue weighted by Gasteiger charge is 2.11. The minimum atomic E-state index is -0.258. The molecule has 1 aromatic heterocycles. The van der Waals surface area contributed by atoms with Crippen LogP contribution in [-0.2, 0) is 6.54 Å². The van der Waals surface area contributed by atoms with E-state index in [2.05, 4.69) is 18.9 Å². The Morgan fingerprint density at radius 3 is 2.61 bits per heavy atom. The van der Waals surface area contributed by atoms with Crippen molar-refractivity contribution in [2.75, 3.05) is 0 Å². The predicted molar refractivity (Wildman–Crippen MR) is 70.6 cm³/mol. The van der Waals surface area contributed by atoms with Crippen molar-refractivity contribution in [3.8, 4) is 11.1 Å². The molecule has 3 nitrogen and oxygen atoms in total. The Morgan fingerprint density at radius 1 is 1.39 bits per heavy atom. The molecule has 1 heterocycles. The minimum Gasteiger partial charge on any atom is -0.326 e. The van der Waals surface area contributed by atoms with E-state index in [0.717, 1.165) is 16.8 Å². The summed E-state index contributed by atoms with van der Waals surface area (Å²) in [6.45, 7) is 6.28. The van der Waals surface area contributed by atoms with Crippen LogP contribution in [0.25, 0.3) is 11.1 Å². The van der Waals surface area contributed by atoms with E-state index < -0.39 is 0 Å². The summed E-state index contributed by atoms with van der Waals surface area (Å²) >= 11 is 0. The van der Waals surface area contributed by atoms with Gasteiger partial charge in [-0.05, 0) is 32.4 Å². The number of nitrogens with two attached hydrogens (primary N) is 1. The summed E-state index contributed by atoms with van der Waals surface area (Å²) in [6.07, 6.45) is 1.96. The smallest absolute Gasteiger partial charge is 0.128 e. The lowest BCUT2D eigenvalue weighted by Crippen LogP contribution is -2.00. The van der Waals surface area contributed by atoms with Crippen LogP contribution in [0.4, 0.5) is 4.39 Å². The molecule has 0 amide bonds. The maximum absolute atomic E-state index is 13.7. The van der Waals surface area contributed by atoms with Gasteiger partial charge >= 0.3 is 0 Å². The second kappa shape index (κ2) is 4.90. The second-order valence-electron chi connectivity index (χ2n) is 4.71. The molecule has 0 aliphatic rings. The summed E-state index contributed by atoms with van der Waals surface area (Å²) in [4.78, 5) is 0. The zero-order valence-corrected chi connectivity index (χ0v) is 10.9. The molecule has 0 saturated heterocycles. The number of aromatic nitrogens is 2. The first kappa shape index (κ1) is 12.8. The molecule has 0 atom stereocenters. The number of halogens is 1. The SMILES string of the molecule is Cc1nn(C(C)C)cc1-c1ccc(CN)c(F)c1. The van der Waals surface area contributed by atoms with E-state index in [-0.39, 0.29) is 12.4 Å². The lowest BCUT2D eigenvalue weighted by atomic mass is 10.0. The van der Waals surface area contributed by atoms with Gasteiger partial charge in [-0.1, -0.05) is 12.1 Å². The van der Waals surface area contributed by atoms with Crippen LogP contribution in [0.1, 0.15) is 31.1 Å². The Bertz CT molecular complexity index is 558. The average Bonchev–Trinajstić information content (AvgIpc) is 2.71. The van der Waals surface area contributed by atoms with Crippen LogP contribution >= 0.6 is 0 Å². The molecule has 0 aliphatic heterocycles. The monoisotopic (exact) mass is 247 g/mol. The van der Waals surface area contributed by atoms with Gasteiger partial charge < -0.3 is 5.73 Å². The van der Waals surface area contributed by atoms with Crippen molar-refractivity contribution in [1.29, 1.82) is 0 Å². The fourth-order valence-corrected chi connectivity index (χ4v) is 1.91. The number of hydrogen-bond donors (Lipinski definition) is 1. The van der Waals surface area contributed by atoms with Crippen LogP contribution in [-0.4, -0.2) is 9.78 Å². The molecule has 0 aliphatic carbocycles. The maximum Gasteiger partial charge on any atom is 0.128 e. The number of aryl methyl sites for hydroxylation is 1. The molecule has 0 radical (unpaired) electrons. The van der Waals surface area contributed by atoms with E-state index in [9.17, 15) is 4.39 Å². The van der Waals surface area contributed by atoms with Crippen molar-refractivity contribution in [2.45, 2.75) is 33.4 Å². The van der Waals surface area contributed by atoms with Crippen molar-refractivity contribution in [3.63, 3.8) is 0 Å². The van der Waals surface area contributed by atoms with Crippen LogP contribution in [0, 0.1) is 12.7 Å². The second-order valence-corrected chi connectivity index (χ2v) is 4.71. The molecule has 4 heteroatoms. The Kier molecular flexibility index (Phi) is 3.48. The van der Waals surface area contributed by atoms with E-state index in [1.165, 1.54) is 6.07 Å². The van der Waals surface area contributed by atoms with Crippen LogP contribution in [0.5, 0.6) is 0 Å². The van der Waals surface area contributed by atoms with Gasteiger partial charge in [0.25, 0.3) is 0 Å². The van der Waals surface area contributed by atoms with Gasteiger partial charge in [-0.25, -0.2) is 4.39 Å². The molecule has 0 saturated carbocycles. The normalized spacial score (nSPS) is 11.2. The first-order valence-electron chi connectivity index (χ1n) is 6.07. The van der Waals surface area contributed by atoms with Crippen LogP contribution in [0.15, 0.2) is 24.4 Å². The Labute approximate surface area is 106 Å². The quantitative estimate of drug-likeness (QED) is 0.906. The summed E-state index contributed by atoms with van der Waals surface area (Å²) in [7, 11) is 0. The minimum absolute atomic E-state index is 0.219. The third kappa shape index (κ3) is 2.29. The fourth-order valence-electron chi connectivity index (χ4n) is 1.91. The Balaban J connectivity index is 2.45. The van der Waals surface area contributed by atoms with E-state index in [0.29, 0.717) is 11.6 Å². The Hall–Kier alpha value is -1.68. The Morgan fingerprint density at radius 2 is 2.11 bits per heavy atom.